The Balaban J connectivity index is 2.03. The number of fused-ring (bicyclic) bond motifs is 1. The van der Waals surface area contributed by atoms with Gasteiger partial charge in [-0.2, -0.15) is 0 Å². The molecule has 136 valence electrons. The summed E-state index contributed by atoms with van der Waals surface area (Å²) >= 11 is 3.35. The first-order valence-electron chi connectivity index (χ1n) is 7.61. The summed E-state index contributed by atoms with van der Waals surface area (Å²) in [4.78, 5) is 35.0. The number of carbonyl (C=O) groups is 3. The molecule has 7 nitrogen and oxygen atoms in total. The predicted molar refractivity (Wildman–Crippen MR) is 102 cm³/mol. The standard InChI is InChI=1S/C19H12BrNO6/c20-15-8-14(16(22)13-4-2-1-3-12(13)15)17(23)21-11-6-9(18(24)25)5-10(7-11)19(26)27/h1-8,22H,(H,21,23)(H,24,25)(H,26,27). The lowest BCUT2D eigenvalue weighted by molar-refractivity contribution is 0.0696. The largest absolute Gasteiger partial charge is 0.506 e. The summed E-state index contributed by atoms with van der Waals surface area (Å²) < 4.78 is 0.589. The van der Waals surface area contributed by atoms with Gasteiger partial charge >= 0.3 is 11.9 Å². The van der Waals surface area contributed by atoms with Crippen LogP contribution in [0.4, 0.5) is 5.69 Å². The molecule has 1 amide bonds. The molecule has 0 aliphatic carbocycles. The van der Waals surface area contributed by atoms with Gasteiger partial charge in [0, 0.05) is 15.5 Å². The molecule has 0 aliphatic rings. The number of phenols is 1. The summed E-state index contributed by atoms with van der Waals surface area (Å²) in [7, 11) is 0. The summed E-state index contributed by atoms with van der Waals surface area (Å²) in [5, 5.41) is 32.3. The third kappa shape index (κ3) is 3.61. The molecule has 3 aromatic rings. The Bertz CT molecular complexity index is 1080. The van der Waals surface area contributed by atoms with Crippen LogP contribution in [0.3, 0.4) is 0 Å². The second kappa shape index (κ2) is 7.08. The minimum absolute atomic E-state index is 0.0130. The number of rotatable bonds is 4. The minimum atomic E-state index is -1.33. The Hall–Kier alpha value is -3.39. The predicted octanol–water partition coefficient (Wildman–Crippen LogP) is 3.96. The Kier molecular flexibility index (Phi) is 4.83. The zero-order valence-electron chi connectivity index (χ0n) is 13.6. The SMILES string of the molecule is O=C(O)c1cc(NC(=O)c2cc(Br)c3ccccc3c2O)cc(C(=O)O)c1. The van der Waals surface area contributed by atoms with Gasteiger partial charge in [0.05, 0.1) is 16.7 Å². The van der Waals surface area contributed by atoms with E-state index in [0.29, 0.717) is 15.2 Å². The lowest BCUT2D eigenvalue weighted by atomic mass is 10.0. The Morgan fingerprint density at radius 3 is 1.96 bits per heavy atom. The number of anilines is 1. The van der Waals surface area contributed by atoms with E-state index in [-0.39, 0.29) is 28.1 Å². The molecule has 4 N–H and O–H groups in total. The van der Waals surface area contributed by atoms with E-state index < -0.39 is 17.8 Å². The number of amides is 1. The molecule has 0 radical (unpaired) electrons. The van der Waals surface area contributed by atoms with Crippen molar-refractivity contribution in [2.24, 2.45) is 0 Å². The van der Waals surface area contributed by atoms with E-state index >= 15 is 0 Å². The van der Waals surface area contributed by atoms with E-state index in [4.69, 9.17) is 10.2 Å². The van der Waals surface area contributed by atoms with Gasteiger partial charge in [0.2, 0.25) is 0 Å². The molecule has 3 aromatic carbocycles. The summed E-state index contributed by atoms with van der Waals surface area (Å²) in [5.41, 5.74) is -0.623. The second-order valence-corrected chi connectivity index (χ2v) is 6.52. The van der Waals surface area contributed by atoms with Gasteiger partial charge in [-0.3, -0.25) is 4.79 Å². The summed E-state index contributed by atoms with van der Waals surface area (Å²) in [5.74, 6) is -3.60. The number of benzene rings is 3. The van der Waals surface area contributed by atoms with Crippen molar-refractivity contribution in [2.75, 3.05) is 5.32 Å². The van der Waals surface area contributed by atoms with Gasteiger partial charge in [0.1, 0.15) is 5.75 Å². The van der Waals surface area contributed by atoms with E-state index in [9.17, 15) is 19.5 Å². The van der Waals surface area contributed by atoms with Gasteiger partial charge in [-0.25, -0.2) is 9.59 Å². The van der Waals surface area contributed by atoms with Gasteiger partial charge < -0.3 is 20.6 Å². The van der Waals surface area contributed by atoms with Crippen molar-refractivity contribution < 1.29 is 29.7 Å². The molecule has 0 bridgehead atoms. The molecule has 8 heteroatoms. The summed E-state index contributed by atoms with van der Waals surface area (Å²) in [6, 6.07) is 11.6. The Morgan fingerprint density at radius 2 is 1.41 bits per heavy atom. The Labute approximate surface area is 161 Å². The van der Waals surface area contributed by atoms with Crippen LogP contribution in [0.1, 0.15) is 31.1 Å². The van der Waals surface area contributed by atoms with Crippen molar-refractivity contribution in [3.8, 4) is 5.75 Å². The highest BCUT2D eigenvalue weighted by Gasteiger charge is 2.18. The van der Waals surface area contributed by atoms with Crippen molar-refractivity contribution >= 4 is 50.2 Å². The van der Waals surface area contributed by atoms with Crippen LogP contribution in [0.25, 0.3) is 10.8 Å². The molecule has 27 heavy (non-hydrogen) atoms. The number of carbonyl (C=O) groups excluding carboxylic acids is 1. The number of carboxylic acid groups (broad SMARTS) is 2. The van der Waals surface area contributed by atoms with Gasteiger partial charge in [0.25, 0.3) is 5.91 Å². The van der Waals surface area contributed by atoms with Crippen LogP contribution in [0.15, 0.2) is 53.0 Å². The molecule has 0 heterocycles. The monoisotopic (exact) mass is 429 g/mol. The molecule has 0 atom stereocenters. The molecule has 3 rings (SSSR count). The number of hydrogen-bond acceptors (Lipinski definition) is 4. The first-order chi connectivity index (χ1) is 12.8. The van der Waals surface area contributed by atoms with Crippen LogP contribution in [-0.4, -0.2) is 33.2 Å². The fourth-order valence-electron chi connectivity index (χ4n) is 2.63. The topological polar surface area (TPSA) is 124 Å². The normalized spacial score (nSPS) is 10.6. The van der Waals surface area contributed by atoms with Crippen molar-refractivity contribution in [2.45, 2.75) is 0 Å². The molecule has 0 fully saturated rings. The quantitative estimate of drug-likeness (QED) is 0.497. The molecular formula is C19H12BrNO6. The average Bonchev–Trinajstić information content (AvgIpc) is 2.64. The van der Waals surface area contributed by atoms with Crippen LogP contribution in [0, 0.1) is 0 Å². The smallest absolute Gasteiger partial charge is 0.335 e. The molecule has 0 unspecified atom stereocenters. The number of hydrogen-bond donors (Lipinski definition) is 4. The van der Waals surface area contributed by atoms with Crippen LogP contribution >= 0.6 is 15.9 Å². The fraction of sp³-hybridized carbons (Fsp3) is 0. The van der Waals surface area contributed by atoms with E-state index in [1.165, 1.54) is 6.07 Å². The maximum absolute atomic E-state index is 12.6. The van der Waals surface area contributed by atoms with Crippen LogP contribution in [-0.2, 0) is 0 Å². The number of phenolic OH excluding ortho intramolecular Hbond substituents is 1. The first kappa shape index (κ1) is 18.4. The zero-order chi connectivity index (χ0) is 19.7. The summed E-state index contributed by atoms with van der Waals surface area (Å²) in [6.07, 6.45) is 0. The third-order valence-electron chi connectivity index (χ3n) is 3.90. The van der Waals surface area contributed by atoms with Crippen molar-refractivity contribution in [1.82, 2.24) is 0 Å². The highest BCUT2D eigenvalue weighted by Crippen LogP contribution is 2.34. The highest BCUT2D eigenvalue weighted by atomic mass is 79.9. The third-order valence-corrected chi connectivity index (χ3v) is 4.55. The van der Waals surface area contributed by atoms with E-state index in [1.54, 1.807) is 24.3 Å². The van der Waals surface area contributed by atoms with Crippen LogP contribution in [0.2, 0.25) is 0 Å². The second-order valence-electron chi connectivity index (χ2n) is 5.66. The van der Waals surface area contributed by atoms with Crippen molar-refractivity contribution in [3.05, 3.63) is 69.7 Å². The summed E-state index contributed by atoms with van der Waals surface area (Å²) in [6.45, 7) is 0. The molecule has 0 saturated heterocycles. The minimum Gasteiger partial charge on any atom is -0.506 e. The Morgan fingerprint density at radius 1 is 0.852 bits per heavy atom. The molecule has 0 aromatic heterocycles. The van der Waals surface area contributed by atoms with Crippen LogP contribution < -0.4 is 5.32 Å². The molecular weight excluding hydrogens is 418 g/mol. The van der Waals surface area contributed by atoms with Crippen molar-refractivity contribution in [3.63, 3.8) is 0 Å². The zero-order valence-corrected chi connectivity index (χ0v) is 15.1. The molecule has 0 spiro atoms. The number of aromatic carboxylic acids is 2. The maximum atomic E-state index is 12.6. The van der Waals surface area contributed by atoms with E-state index in [2.05, 4.69) is 21.2 Å². The number of aromatic hydroxyl groups is 1. The average molecular weight is 430 g/mol. The van der Waals surface area contributed by atoms with Crippen molar-refractivity contribution in [1.29, 1.82) is 0 Å². The van der Waals surface area contributed by atoms with Gasteiger partial charge in [-0.15, -0.1) is 0 Å². The molecule has 0 aliphatic heterocycles. The highest BCUT2D eigenvalue weighted by molar-refractivity contribution is 9.10. The van der Waals surface area contributed by atoms with Gasteiger partial charge in [0.15, 0.2) is 0 Å². The van der Waals surface area contributed by atoms with E-state index in [1.807, 2.05) is 0 Å². The van der Waals surface area contributed by atoms with E-state index in [0.717, 1.165) is 18.2 Å². The maximum Gasteiger partial charge on any atom is 0.335 e. The first-order valence-corrected chi connectivity index (χ1v) is 8.40. The number of halogens is 1. The lowest BCUT2D eigenvalue weighted by Crippen LogP contribution is -2.14. The number of carboxylic acids is 2. The van der Waals surface area contributed by atoms with Gasteiger partial charge in [-0.05, 0) is 29.7 Å². The van der Waals surface area contributed by atoms with Gasteiger partial charge in [-0.1, -0.05) is 40.2 Å². The fourth-order valence-corrected chi connectivity index (χ4v) is 3.21. The number of nitrogens with one attached hydrogen (secondary N) is 1. The molecule has 0 saturated carbocycles. The van der Waals surface area contributed by atoms with Crippen LogP contribution in [0.5, 0.6) is 5.75 Å². The lowest BCUT2D eigenvalue weighted by Gasteiger charge is -2.11.